The smallest absolute Gasteiger partial charge is 0.169 e. The zero-order chi connectivity index (χ0) is 8.10. The van der Waals surface area contributed by atoms with Crippen molar-refractivity contribution in [1.82, 2.24) is 0 Å². The normalized spacial score (nSPS) is 9.18. The maximum absolute atomic E-state index is 7.97. The predicted molar refractivity (Wildman–Crippen MR) is 44.1 cm³/mol. The van der Waals surface area contributed by atoms with Crippen LogP contribution in [0, 0.1) is 0 Å². The van der Waals surface area contributed by atoms with Crippen LogP contribution in [0.3, 0.4) is 0 Å². The van der Waals surface area contributed by atoms with E-state index in [0.29, 0.717) is 17.6 Å². The van der Waals surface area contributed by atoms with Gasteiger partial charge in [0.25, 0.3) is 0 Å². The van der Waals surface area contributed by atoms with Gasteiger partial charge in [0.05, 0.1) is 0 Å². The summed E-state index contributed by atoms with van der Waals surface area (Å²) in [5.74, 6) is 0.823. The zero-order valence-electron chi connectivity index (χ0n) is 5.70. The van der Waals surface area contributed by atoms with E-state index in [-0.39, 0.29) is 0 Å². The van der Waals surface area contributed by atoms with E-state index in [2.05, 4.69) is 26.0 Å². The Morgan fingerprint density at radius 1 is 1.64 bits per heavy atom. The van der Waals surface area contributed by atoms with Gasteiger partial charge in [0, 0.05) is 17.9 Å². The van der Waals surface area contributed by atoms with Gasteiger partial charge in [-0.1, -0.05) is 5.11 Å². The second kappa shape index (κ2) is 4.05. The Hall–Kier alpha value is -0.930. The predicted octanol–water partition coefficient (Wildman–Crippen LogP) is 2.89. The van der Waals surface area contributed by atoms with Gasteiger partial charge in [0.1, 0.15) is 5.76 Å². The molecule has 1 aromatic rings. The molecule has 0 aliphatic heterocycles. The topological polar surface area (TPSA) is 61.9 Å². The van der Waals surface area contributed by atoms with Crippen LogP contribution >= 0.6 is 15.9 Å². The molecule has 0 N–H and O–H groups in total. The average Bonchev–Trinajstić information content (AvgIpc) is 2.37. The number of hydrogen-bond donors (Lipinski definition) is 0. The maximum Gasteiger partial charge on any atom is 0.169 e. The summed E-state index contributed by atoms with van der Waals surface area (Å²) in [5, 5.41) is 3.38. The minimum atomic E-state index is 0.441. The first-order valence-corrected chi connectivity index (χ1v) is 3.87. The zero-order valence-corrected chi connectivity index (χ0v) is 7.28. The SMILES string of the molecule is [N-]=[N+]=NCCc1ccc(Br)o1. The van der Waals surface area contributed by atoms with Crippen LogP contribution in [0.2, 0.25) is 0 Å². The van der Waals surface area contributed by atoms with Crippen molar-refractivity contribution in [3.05, 3.63) is 33.0 Å². The Labute approximate surface area is 72.0 Å². The van der Waals surface area contributed by atoms with Crippen molar-refractivity contribution in [2.24, 2.45) is 5.11 Å². The highest BCUT2D eigenvalue weighted by molar-refractivity contribution is 9.10. The molecular formula is C6H6BrN3O. The number of hydrogen-bond acceptors (Lipinski definition) is 2. The molecule has 0 aliphatic rings. The number of halogens is 1. The third-order valence-corrected chi connectivity index (χ3v) is 1.58. The largest absolute Gasteiger partial charge is 0.454 e. The molecular weight excluding hydrogens is 210 g/mol. The monoisotopic (exact) mass is 215 g/mol. The van der Waals surface area contributed by atoms with Crippen molar-refractivity contribution in [2.75, 3.05) is 6.54 Å². The minimum Gasteiger partial charge on any atom is -0.454 e. The molecule has 0 spiro atoms. The lowest BCUT2D eigenvalue weighted by atomic mass is 10.3. The second-order valence-electron chi connectivity index (χ2n) is 1.91. The fourth-order valence-electron chi connectivity index (χ4n) is 0.691. The third-order valence-electron chi connectivity index (χ3n) is 1.15. The van der Waals surface area contributed by atoms with Crippen molar-refractivity contribution in [2.45, 2.75) is 6.42 Å². The first-order chi connectivity index (χ1) is 5.33. The third kappa shape index (κ3) is 2.65. The molecule has 0 aromatic carbocycles. The summed E-state index contributed by atoms with van der Waals surface area (Å²) in [6.07, 6.45) is 0.648. The van der Waals surface area contributed by atoms with Gasteiger partial charge in [-0.2, -0.15) is 0 Å². The molecule has 1 rings (SSSR count). The van der Waals surface area contributed by atoms with E-state index in [1.165, 1.54) is 0 Å². The van der Waals surface area contributed by atoms with Gasteiger partial charge in [-0.05, 0) is 33.6 Å². The molecule has 4 nitrogen and oxygen atoms in total. The lowest BCUT2D eigenvalue weighted by Crippen LogP contribution is -1.83. The van der Waals surface area contributed by atoms with Crippen LogP contribution < -0.4 is 0 Å². The molecule has 0 amide bonds. The number of nitrogens with zero attached hydrogens (tertiary/aromatic N) is 3. The summed E-state index contributed by atoms with van der Waals surface area (Å²) in [6, 6.07) is 3.66. The molecule has 1 aromatic heterocycles. The second-order valence-corrected chi connectivity index (χ2v) is 2.69. The number of azide groups is 1. The fraction of sp³-hybridized carbons (Fsp3) is 0.333. The standard InChI is InChI=1S/C6H6BrN3O/c7-6-2-1-5(11-6)3-4-9-10-8/h1-2H,3-4H2. The van der Waals surface area contributed by atoms with E-state index in [1.807, 2.05) is 12.1 Å². The first-order valence-electron chi connectivity index (χ1n) is 3.08. The molecule has 0 fully saturated rings. The summed E-state index contributed by atoms with van der Waals surface area (Å²) in [7, 11) is 0. The van der Waals surface area contributed by atoms with Gasteiger partial charge in [-0.3, -0.25) is 0 Å². The molecule has 1 heterocycles. The van der Waals surface area contributed by atoms with Gasteiger partial charge in [0.15, 0.2) is 4.67 Å². The van der Waals surface area contributed by atoms with Crippen LogP contribution in [0.15, 0.2) is 26.3 Å². The van der Waals surface area contributed by atoms with Crippen LogP contribution in [0.5, 0.6) is 0 Å². The first kappa shape index (κ1) is 8.17. The van der Waals surface area contributed by atoms with Crippen molar-refractivity contribution in [3.63, 3.8) is 0 Å². The van der Waals surface area contributed by atoms with Gasteiger partial charge < -0.3 is 4.42 Å². The summed E-state index contributed by atoms with van der Waals surface area (Å²) >= 11 is 3.17. The Morgan fingerprint density at radius 2 is 2.45 bits per heavy atom. The molecule has 0 unspecified atom stereocenters. The Kier molecular flexibility index (Phi) is 3.01. The average molecular weight is 216 g/mol. The summed E-state index contributed by atoms with van der Waals surface area (Å²) in [4.78, 5) is 2.63. The van der Waals surface area contributed by atoms with Crippen molar-refractivity contribution < 1.29 is 4.42 Å². The quantitative estimate of drug-likeness (QED) is 0.435. The summed E-state index contributed by atoms with van der Waals surface area (Å²) in [6.45, 7) is 0.441. The van der Waals surface area contributed by atoms with E-state index in [9.17, 15) is 0 Å². The van der Waals surface area contributed by atoms with Crippen LogP contribution in [0.1, 0.15) is 5.76 Å². The highest BCUT2D eigenvalue weighted by atomic mass is 79.9. The van der Waals surface area contributed by atoms with E-state index in [4.69, 9.17) is 9.95 Å². The van der Waals surface area contributed by atoms with Crippen molar-refractivity contribution in [1.29, 1.82) is 0 Å². The van der Waals surface area contributed by atoms with Gasteiger partial charge in [0.2, 0.25) is 0 Å². The number of rotatable bonds is 3. The van der Waals surface area contributed by atoms with Gasteiger partial charge >= 0.3 is 0 Å². The van der Waals surface area contributed by atoms with E-state index in [1.54, 1.807) is 0 Å². The Morgan fingerprint density at radius 3 is 3.00 bits per heavy atom. The van der Waals surface area contributed by atoms with Gasteiger partial charge in [-0.25, -0.2) is 0 Å². The fourth-order valence-corrected chi connectivity index (χ4v) is 1.03. The van der Waals surface area contributed by atoms with Crippen LogP contribution in [-0.2, 0) is 6.42 Å². The molecule has 0 saturated carbocycles. The maximum atomic E-state index is 7.97. The van der Waals surface area contributed by atoms with E-state index >= 15 is 0 Å². The summed E-state index contributed by atoms with van der Waals surface area (Å²) in [5.41, 5.74) is 7.97. The highest BCUT2D eigenvalue weighted by Gasteiger charge is 1.96. The Bertz CT molecular complexity index is 277. The summed E-state index contributed by atoms with van der Waals surface area (Å²) < 4.78 is 5.87. The molecule has 58 valence electrons. The van der Waals surface area contributed by atoms with E-state index in [0.717, 1.165) is 5.76 Å². The van der Waals surface area contributed by atoms with Crippen LogP contribution in [0.25, 0.3) is 10.4 Å². The molecule has 0 radical (unpaired) electrons. The molecule has 0 aliphatic carbocycles. The molecule has 5 heteroatoms. The van der Waals surface area contributed by atoms with Crippen molar-refractivity contribution in [3.8, 4) is 0 Å². The van der Waals surface area contributed by atoms with Gasteiger partial charge in [-0.15, -0.1) is 0 Å². The van der Waals surface area contributed by atoms with Crippen LogP contribution in [0.4, 0.5) is 0 Å². The minimum absolute atomic E-state index is 0.441. The Balaban J connectivity index is 2.44. The molecule has 11 heavy (non-hydrogen) atoms. The molecule has 0 saturated heterocycles. The highest BCUT2D eigenvalue weighted by Crippen LogP contribution is 2.14. The molecule has 0 atom stereocenters. The van der Waals surface area contributed by atoms with E-state index < -0.39 is 0 Å². The number of furan rings is 1. The lowest BCUT2D eigenvalue weighted by Gasteiger charge is -1.87. The molecule has 0 bridgehead atoms. The lowest BCUT2D eigenvalue weighted by molar-refractivity contribution is 0.489. The van der Waals surface area contributed by atoms with Crippen LogP contribution in [-0.4, -0.2) is 6.54 Å². The van der Waals surface area contributed by atoms with Crippen molar-refractivity contribution >= 4 is 15.9 Å².